The Hall–Kier alpha value is -2.09. The molecule has 0 fully saturated rings. The first-order valence-electron chi connectivity index (χ1n) is 5.79. The SMILES string of the molecule is CCOCC(C)OC(=O)c1cc(F)cc([N+](=O)[O-])c1F. The van der Waals surface area contributed by atoms with Crippen LogP contribution in [0.2, 0.25) is 0 Å². The van der Waals surface area contributed by atoms with Gasteiger partial charge in [-0.3, -0.25) is 10.1 Å². The van der Waals surface area contributed by atoms with Crippen LogP contribution in [0.25, 0.3) is 0 Å². The molecule has 0 aliphatic heterocycles. The van der Waals surface area contributed by atoms with E-state index in [0.29, 0.717) is 18.7 Å². The van der Waals surface area contributed by atoms with Gasteiger partial charge in [0.25, 0.3) is 0 Å². The molecule has 1 aromatic carbocycles. The number of nitro benzene ring substituents is 1. The van der Waals surface area contributed by atoms with Crippen molar-refractivity contribution in [2.45, 2.75) is 20.0 Å². The molecule has 0 aromatic heterocycles. The number of rotatable bonds is 6. The molecule has 0 saturated heterocycles. The van der Waals surface area contributed by atoms with E-state index < -0.39 is 39.9 Å². The molecule has 1 atom stereocenters. The van der Waals surface area contributed by atoms with Gasteiger partial charge in [0.05, 0.1) is 17.6 Å². The van der Waals surface area contributed by atoms with Crippen molar-refractivity contribution < 1.29 is 28.0 Å². The molecule has 0 bridgehead atoms. The van der Waals surface area contributed by atoms with Crippen molar-refractivity contribution >= 4 is 11.7 Å². The highest BCUT2D eigenvalue weighted by Gasteiger charge is 2.26. The minimum absolute atomic E-state index is 0.0846. The summed E-state index contributed by atoms with van der Waals surface area (Å²) in [6, 6.07) is 0.952. The Morgan fingerprint density at radius 1 is 1.45 bits per heavy atom. The average Bonchev–Trinajstić information content (AvgIpc) is 2.38. The Kier molecular flexibility index (Phi) is 5.51. The monoisotopic (exact) mass is 289 g/mol. The molecular formula is C12H13F2NO5. The number of ether oxygens (including phenoxy) is 2. The lowest BCUT2D eigenvalue weighted by Gasteiger charge is -2.13. The molecule has 1 rings (SSSR count). The van der Waals surface area contributed by atoms with E-state index in [1.807, 2.05) is 0 Å². The number of nitrogens with zero attached hydrogens (tertiary/aromatic N) is 1. The van der Waals surface area contributed by atoms with E-state index in [1.54, 1.807) is 6.92 Å². The van der Waals surface area contributed by atoms with Gasteiger partial charge in [0.2, 0.25) is 5.82 Å². The summed E-state index contributed by atoms with van der Waals surface area (Å²) >= 11 is 0. The number of carbonyl (C=O) groups excluding carboxylic acids is 1. The summed E-state index contributed by atoms with van der Waals surface area (Å²) in [4.78, 5) is 21.1. The molecule has 0 amide bonds. The maximum Gasteiger partial charge on any atom is 0.341 e. The smallest absolute Gasteiger partial charge is 0.341 e. The fourth-order valence-electron chi connectivity index (χ4n) is 1.42. The predicted octanol–water partition coefficient (Wildman–Crippen LogP) is 2.45. The van der Waals surface area contributed by atoms with E-state index in [2.05, 4.69) is 0 Å². The van der Waals surface area contributed by atoms with Crippen molar-refractivity contribution in [2.75, 3.05) is 13.2 Å². The zero-order valence-electron chi connectivity index (χ0n) is 10.9. The first kappa shape index (κ1) is 16.0. The second-order valence-corrected chi connectivity index (χ2v) is 3.92. The van der Waals surface area contributed by atoms with Crippen molar-refractivity contribution in [3.8, 4) is 0 Å². The van der Waals surface area contributed by atoms with Gasteiger partial charge in [-0.15, -0.1) is 0 Å². The molecule has 0 aliphatic rings. The van der Waals surface area contributed by atoms with E-state index in [4.69, 9.17) is 9.47 Å². The highest BCUT2D eigenvalue weighted by molar-refractivity contribution is 5.90. The molecule has 8 heteroatoms. The third kappa shape index (κ3) is 3.95. The normalized spacial score (nSPS) is 12.0. The lowest BCUT2D eigenvalue weighted by molar-refractivity contribution is -0.387. The maximum absolute atomic E-state index is 13.7. The van der Waals surface area contributed by atoms with Gasteiger partial charge in [-0.05, 0) is 19.9 Å². The summed E-state index contributed by atoms with van der Waals surface area (Å²) in [5, 5.41) is 10.5. The topological polar surface area (TPSA) is 78.7 Å². The van der Waals surface area contributed by atoms with Crippen LogP contribution in [0.3, 0.4) is 0 Å². The van der Waals surface area contributed by atoms with E-state index in [9.17, 15) is 23.7 Å². The fourth-order valence-corrected chi connectivity index (χ4v) is 1.42. The van der Waals surface area contributed by atoms with Crippen LogP contribution in [0, 0.1) is 21.7 Å². The minimum atomic E-state index is -1.43. The maximum atomic E-state index is 13.7. The molecule has 0 aliphatic carbocycles. The number of hydrogen-bond donors (Lipinski definition) is 0. The average molecular weight is 289 g/mol. The summed E-state index contributed by atoms with van der Waals surface area (Å²) in [5.41, 5.74) is -1.94. The molecule has 0 saturated carbocycles. The van der Waals surface area contributed by atoms with E-state index in [-0.39, 0.29) is 6.61 Å². The van der Waals surface area contributed by atoms with Crippen molar-refractivity contribution in [1.29, 1.82) is 0 Å². The molecule has 0 heterocycles. The number of carbonyl (C=O) groups is 1. The Balaban J connectivity index is 2.96. The Morgan fingerprint density at radius 2 is 2.10 bits per heavy atom. The highest BCUT2D eigenvalue weighted by Crippen LogP contribution is 2.23. The first-order chi connectivity index (χ1) is 9.36. The zero-order valence-corrected chi connectivity index (χ0v) is 10.9. The molecule has 20 heavy (non-hydrogen) atoms. The van der Waals surface area contributed by atoms with Crippen LogP contribution in [-0.4, -0.2) is 30.2 Å². The molecule has 6 nitrogen and oxygen atoms in total. The van der Waals surface area contributed by atoms with E-state index in [1.165, 1.54) is 6.92 Å². The van der Waals surface area contributed by atoms with Crippen LogP contribution in [0.4, 0.5) is 14.5 Å². The predicted molar refractivity (Wildman–Crippen MR) is 64.4 cm³/mol. The van der Waals surface area contributed by atoms with Crippen LogP contribution < -0.4 is 0 Å². The van der Waals surface area contributed by atoms with Gasteiger partial charge in [0, 0.05) is 6.61 Å². The molecule has 0 N–H and O–H groups in total. The van der Waals surface area contributed by atoms with Gasteiger partial charge in [-0.1, -0.05) is 0 Å². The fraction of sp³-hybridized carbons (Fsp3) is 0.417. The van der Waals surface area contributed by atoms with Gasteiger partial charge in [-0.25, -0.2) is 9.18 Å². The number of nitro groups is 1. The van der Waals surface area contributed by atoms with Crippen LogP contribution >= 0.6 is 0 Å². The first-order valence-corrected chi connectivity index (χ1v) is 5.79. The second-order valence-electron chi connectivity index (χ2n) is 3.92. The number of esters is 1. The van der Waals surface area contributed by atoms with Crippen LogP contribution in [-0.2, 0) is 9.47 Å². The molecule has 110 valence electrons. The molecule has 1 unspecified atom stereocenters. The molecule has 0 spiro atoms. The second kappa shape index (κ2) is 6.90. The van der Waals surface area contributed by atoms with E-state index >= 15 is 0 Å². The van der Waals surface area contributed by atoms with Crippen LogP contribution in [0.15, 0.2) is 12.1 Å². The summed E-state index contributed by atoms with van der Waals surface area (Å²) in [6.45, 7) is 3.73. The van der Waals surface area contributed by atoms with Crippen molar-refractivity contribution in [3.05, 3.63) is 39.4 Å². The largest absolute Gasteiger partial charge is 0.457 e. The molecule has 0 radical (unpaired) electrons. The lowest BCUT2D eigenvalue weighted by atomic mass is 10.2. The Morgan fingerprint density at radius 3 is 2.65 bits per heavy atom. The summed E-state index contributed by atoms with van der Waals surface area (Å²) in [6.07, 6.45) is -0.691. The van der Waals surface area contributed by atoms with Crippen LogP contribution in [0.5, 0.6) is 0 Å². The summed E-state index contributed by atoms with van der Waals surface area (Å²) in [7, 11) is 0. The number of halogens is 2. The summed E-state index contributed by atoms with van der Waals surface area (Å²) < 4.78 is 36.7. The van der Waals surface area contributed by atoms with Crippen molar-refractivity contribution in [3.63, 3.8) is 0 Å². The van der Waals surface area contributed by atoms with Crippen molar-refractivity contribution in [2.24, 2.45) is 0 Å². The number of benzene rings is 1. The zero-order chi connectivity index (χ0) is 15.3. The highest BCUT2D eigenvalue weighted by atomic mass is 19.1. The van der Waals surface area contributed by atoms with Gasteiger partial charge in [0.15, 0.2) is 0 Å². The van der Waals surface area contributed by atoms with Gasteiger partial charge >= 0.3 is 11.7 Å². The number of hydrogen-bond acceptors (Lipinski definition) is 5. The van der Waals surface area contributed by atoms with Gasteiger partial charge in [-0.2, -0.15) is 4.39 Å². The van der Waals surface area contributed by atoms with Crippen molar-refractivity contribution in [1.82, 2.24) is 0 Å². The van der Waals surface area contributed by atoms with Gasteiger partial charge in [0.1, 0.15) is 17.5 Å². The third-order valence-electron chi connectivity index (χ3n) is 2.30. The lowest BCUT2D eigenvalue weighted by Crippen LogP contribution is -2.21. The quantitative estimate of drug-likeness (QED) is 0.456. The molecule has 1 aromatic rings. The molecular weight excluding hydrogens is 276 g/mol. The standard InChI is InChI=1S/C12H13F2NO5/c1-3-19-6-7(2)20-12(16)9-4-8(13)5-10(11(9)14)15(17)18/h4-5,7H,3,6H2,1-2H3. The Labute approximate surface area is 113 Å². The van der Waals surface area contributed by atoms with Gasteiger partial charge < -0.3 is 9.47 Å². The third-order valence-corrected chi connectivity index (χ3v) is 2.30. The Bertz CT molecular complexity index is 521. The minimum Gasteiger partial charge on any atom is -0.457 e. The summed E-state index contributed by atoms with van der Waals surface area (Å²) in [5.74, 6) is -3.70. The van der Waals surface area contributed by atoms with Crippen LogP contribution in [0.1, 0.15) is 24.2 Å². The van der Waals surface area contributed by atoms with E-state index in [0.717, 1.165) is 0 Å².